The number of amides is 2. The third-order valence-electron chi connectivity index (χ3n) is 2.54. The third kappa shape index (κ3) is 3.16. The lowest BCUT2D eigenvalue weighted by atomic mass is 9.96. The van der Waals surface area contributed by atoms with Crippen LogP contribution in [0.5, 0.6) is 0 Å². The van der Waals surface area contributed by atoms with E-state index in [2.05, 4.69) is 19.4 Å². The molecule has 1 heterocycles. The van der Waals surface area contributed by atoms with E-state index in [-0.39, 0.29) is 6.03 Å². The molecule has 1 aromatic rings. The lowest BCUT2D eigenvalue weighted by Crippen LogP contribution is -2.39. The van der Waals surface area contributed by atoms with Crippen LogP contribution in [-0.4, -0.2) is 20.8 Å². The van der Waals surface area contributed by atoms with Gasteiger partial charge < -0.3 is 5.32 Å². The van der Waals surface area contributed by atoms with Crippen molar-refractivity contribution in [2.75, 3.05) is 5.32 Å². The van der Waals surface area contributed by atoms with Crippen molar-refractivity contribution in [3.8, 4) is 0 Å². The van der Waals surface area contributed by atoms with Crippen molar-refractivity contribution < 1.29 is 4.79 Å². The number of aromatic nitrogens is 2. The summed E-state index contributed by atoms with van der Waals surface area (Å²) in [6, 6.07) is 0.153. The Hall–Kier alpha value is -1.17. The summed E-state index contributed by atoms with van der Waals surface area (Å²) in [5, 5.41) is 5.60. The predicted octanol–water partition coefficient (Wildman–Crippen LogP) is 1.99. The summed E-state index contributed by atoms with van der Waals surface area (Å²) in [5.74, 6) is 0.522. The summed E-state index contributed by atoms with van der Waals surface area (Å²) in [6.07, 6.45) is 7.43. The second-order valence-electron chi connectivity index (χ2n) is 3.73. The van der Waals surface area contributed by atoms with E-state index < -0.39 is 0 Å². The molecule has 2 rings (SSSR count). The van der Waals surface area contributed by atoms with Crippen LogP contribution in [0.3, 0.4) is 0 Å². The van der Waals surface area contributed by atoms with Gasteiger partial charge in [0.1, 0.15) is 0 Å². The fourth-order valence-corrected chi connectivity index (χ4v) is 2.18. The number of carbonyl (C=O) groups is 1. The van der Waals surface area contributed by atoms with Crippen LogP contribution in [0.25, 0.3) is 0 Å². The van der Waals surface area contributed by atoms with Crippen LogP contribution in [0.15, 0.2) is 6.20 Å². The summed E-state index contributed by atoms with van der Waals surface area (Å²) in [6.45, 7) is 0. The van der Waals surface area contributed by atoms with Crippen molar-refractivity contribution in [3.63, 3.8) is 0 Å². The van der Waals surface area contributed by atoms with Crippen LogP contribution in [0.2, 0.25) is 0 Å². The van der Waals surface area contributed by atoms with E-state index in [9.17, 15) is 4.79 Å². The van der Waals surface area contributed by atoms with Gasteiger partial charge in [0, 0.05) is 6.04 Å². The van der Waals surface area contributed by atoms with Crippen molar-refractivity contribution >= 4 is 23.6 Å². The summed E-state index contributed by atoms with van der Waals surface area (Å²) in [4.78, 5) is 11.5. The normalized spacial score (nSPS) is 17.3. The van der Waals surface area contributed by atoms with Gasteiger partial charge in [0.15, 0.2) is 5.82 Å². The van der Waals surface area contributed by atoms with Gasteiger partial charge in [0.05, 0.1) is 17.9 Å². The quantitative estimate of drug-likeness (QED) is 0.810. The van der Waals surface area contributed by atoms with Gasteiger partial charge in [-0.15, -0.1) is 0 Å². The van der Waals surface area contributed by atoms with Gasteiger partial charge >= 0.3 is 6.03 Å². The fourth-order valence-electron chi connectivity index (χ4n) is 1.80. The molecule has 2 N–H and O–H groups in total. The highest BCUT2D eigenvalue weighted by Gasteiger charge is 2.15. The monoisotopic (exact) mass is 226 g/mol. The molecule has 0 aromatic carbocycles. The predicted molar refractivity (Wildman–Crippen MR) is 58.9 cm³/mol. The molecule has 1 aromatic heterocycles. The lowest BCUT2D eigenvalue weighted by molar-refractivity contribution is 0.244. The van der Waals surface area contributed by atoms with E-state index >= 15 is 0 Å². The molecule has 82 valence electrons. The Balaban J connectivity index is 1.76. The minimum atomic E-state index is -0.172. The van der Waals surface area contributed by atoms with Gasteiger partial charge in [-0.2, -0.15) is 8.75 Å². The van der Waals surface area contributed by atoms with Crippen LogP contribution in [0.1, 0.15) is 32.1 Å². The van der Waals surface area contributed by atoms with E-state index in [1.165, 1.54) is 19.3 Å². The van der Waals surface area contributed by atoms with Gasteiger partial charge in [-0.3, -0.25) is 5.32 Å². The summed E-state index contributed by atoms with van der Waals surface area (Å²) >= 11 is 1.09. The van der Waals surface area contributed by atoms with Crippen molar-refractivity contribution in [2.24, 2.45) is 0 Å². The van der Waals surface area contributed by atoms with Crippen molar-refractivity contribution in [2.45, 2.75) is 38.1 Å². The average Bonchev–Trinajstić information content (AvgIpc) is 2.71. The van der Waals surface area contributed by atoms with Gasteiger partial charge in [-0.05, 0) is 12.8 Å². The first-order chi connectivity index (χ1) is 7.34. The maximum Gasteiger partial charge on any atom is 0.320 e. The van der Waals surface area contributed by atoms with Gasteiger partial charge in [-0.1, -0.05) is 19.3 Å². The fraction of sp³-hybridized carbons (Fsp3) is 0.667. The number of hydrogen-bond acceptors (Lipinski definition) is 4. The van der Waals surface area contributed by atoms with Crippen molar-refractivity contribution in [1.29, 1.82) is 0 Å². The molecule has 0 spiro atoms. The van der Waals surface area contributed by atoms with Gasteiger partial charge in [-0.25, -0.2) is 4.79 Å². The molecule has 1 aliphatic carbocycles. The largest absolute Gasteiger partial charge is 0.335 e. The number of hydrogen-bond donors (Lipinski definition) is 2. The molecule has 0 atom stereocenters. The minimum Gasteiger partial charge on any atom is -0.335 e. The second-order valence-corrected chi connectivity index (χ2v) is 4.28. The molecule has 1 aliphatic rings. The number of rotatable bonds is 2. The smallest absolute Gasteiger partial charge is 0.320 e. The highest BCUT2D eigenvalue weighted by Crippen LogP contribution is 2.17. The van der Waals surface area contributed by atoms with E-state index in [1.807, 2.05) is 0 Å². The zero-order valence-corrected chi connectivity index (χ0v) is 9.22. The molecule has 5 nitrogen and oxygen atoms in total. The standard InChI is InChI=1S/C9H14N4OS/c14-9(12-8-6-10-15-13-8)11-7-4-2-1-3-5-7/h6-7H,1-5H2,(H2,11,12,13,14). The second kappa shape index (κ2) is 5.06. The first-order valence-corrected chi connectivity index (χ1v) is 5.93. The van der Waals surface area contributed by atoms with Crippen LogP contribution in [0.4, 0.5) is 10.6 Å². The molecular formula is C9H14N4OS. The molecule has 0 saturated heterocycles. The lowest BCUT2D eigenvalue weighted by Gasteiger charge is -2.22. The molecule has 15 heavy (non-hydrogen) atoms. The number of carbonyl (C=O) groups excluding carboxylic acids is 1. The van der Waals surface area contributed by atoms with E-state index in [1.54, 1.807) is 6.20 Å². The zero-order valence-electron chi connectivity index (χ0n) is 8.40. The maximum atomic E-state index is 11.5. The number of urea groups is 1. The zero-order chi connectivity index (χ0) is 10.5. The van der Waals surface area contributed by atoms with E-state index in [0.29, 0.717) is 11.9 Å². The van der Waals surface area contributed by atoms with Crippen LogP contribution < -0.4 is 10.6 Å². The Morgan fingerprint density at radius 3 is 2.87 bits per heavy atom. The topological polar surface area (TPSA) is 66.9 Å². The van der Waals surface area contributed by atoms with Gasteiger partial charge in [0.25, 0.3) is 0 Å². The Morgan fingerprint density at radius 2 is 2.20 bits per heavy atom. The Bertz CT molecular complexity index is 308. The van der Waals surface area contributed by atoms with Gasteiger partial charge in [0.2, 0.25) is 0 Å². The molecule has 6 heteroatoms. The first-order valence-electron chi connectivity index (χ1n) is 5.19. The minimum absolute atomic E-state index is 0.172. The highest BCUT2D eigenvalue weighted by atomic mass is 32.1. The Labute approximate surface area is 92.6 Å². The summed E-state index contributed by atoms with van der Waals surface area (Å²) in [5.41, 5.74) is 0. The van der Waals surface area contributed by atoms with E-state index in [4.69, 9.17) is 0 Å². The number of nitrogens with zero attached hydrogens (tertiary/aromatic N) is 2. The van der Waals surface area contributed by atoms with Crippen LogP contribution in [-0.2, 0) is 0 Å². The average molecular weight is 226 g/mol. The van der Waals surface area contributed by atoms with Crippen molar-refractivity contribution in [3.05, 3.63) is 6.20 Å². The Kier molecular flexibility index (Phi) is 3.49. The third-order valence-corrected chi connectivity index (χ3v) is 3.02. The molecule has 0 bridgehead atoms. The molecule has 0 radical (unpaired) electrons. The number of anilines is 1. The summed E-state index contributed by atoms with van der Waals surface area (Å²) < 4.78 is 7.72. The SMILES string of the molecule is O=C(Nc1cnsn1)NC1CCCCC1. The first kappa shape index (κ1) is 10.4. The molecule has 1 saturated carbocycles. The molecule has 0 unspecified atom stereocenters. The van der Waals surface area contributed by atoms with E-state index in [0.717, 1.165) is 24.6 Å². The number of nitrogens with one attached hydrogen (secondary N) is 2. The van der Waals surface area contributed by atoms with Crippen molar-refractivity contribution in [1.82, 2.24) is 14.1 Å². The van der Waals surface area contributed by atoms with Crippen LogP contribution in [0, 0.1) is 0 Å². The molecule has 2 amide bonds. The Morgan fingerprint density at radius 1 is 1.40 bits per heavy atom. The maximum absolute atomic E-state index is 11.5. The highest BCUT2D eigenvalue weighted by molar-refractivity contribution is 6.99. The molecule has 0 aliphatic heterocycles. The molecular weight excluding hydrogens is 212 g/mol. The van der Waals surface area contributed by atoms with Crippen LogP contribution >= 0.6 is 11.7 Å². The summed E-state index contributed by atoms with van der Waals surface area (Å²) in [7, 11) is 0. The molecule has 1 fully saturated rings.